The van der Waals surface area contributed by atoms with Crippen molar-refractivity contribution in [3.8, 4) is 23.0 Å². The molecule has 2 N–H and O–H groups in total. The highest BCUT2D eigenvalue weighted by molar-refractivity contribution is 5.95. The molecule has 1 fully saturated rings. The number of benzene rings is 3. The summed E-state index contributed by atoms with van der Waals surface area (Å²) in [7, 11) is 0. The second-order valence-corrected chi connectivity index (χ2v) is 9.54. The molecule has 0 radical (unpaired) electrons. The van der Waals surface area contributed by atoms with Gasteiger partial charge in [0.1, 0.15) is 35.7 Å². The maximum absolute atomic E-state index is 12.2. The van der Waals surface area contributed by atoms with Gasteiger partial charge in [-0.25, -0.2) is 0 Å². The average Bonchev–Trinajstić information content (AvgIpc) is 2.88. The number of ether oxygens (including phenoxy) is 2. The van der Waals surface area contributed by atoms with E-state index in [-0.39, 0.29) is 23.4 Å². The molecule has 1 unspecified atom stereocenters. The minimum Gasteiger partial charge on any atom is -0.508 e. The molecule has 1 saturated heterocycles. The molecule has 0 aliphatic carbocycles. The van der Waals surface area contributed by atoms with E-state index in [1.165, 1.54) is 0 Å². The molecule has 3 aromatic carbocycles. The first-order valence-corrected chi connectivity index (χ1v) is 12.4. The molecule has 186 valence electrons. The summed E-state index contributed by atoms with van der Waals surface area (Å²) in [4.78, 5) is 14.1. The SMILES string of the molecule is CC1=C(c2cccc(O)c2)C(c2ccc(OC[C@H](C)N3CCCCC3=O)cc2)Oc2ccc(O)cc21. The first kappa shape index (κ1) is 23.8. The van der Waals surface area contributed by atoms with Gasteiger partial charge in [-0.2, -0.15) is 0 Å². The van der Waals surface area contributed by atoms with Gasteiger partial charge in [-0.05, 0) is 85.9 Å². The number of carbonyl (C=O) groups is 1. The number of nitrogens with zero attached hydrogens (tertiary/aromatic N) is 1. The summed E-state index contributed by atoms with van der Waals surface area (Å²) in [5, 5.41) is 20.2. The maximum atomic E-state index is 12.2. The monoisotopic (exact) mass is 485 g/mol. The van der Waals surface area contributed by atoms with Crippen LogP contribution in [0.4, 0.5) is 0 Å². The minimum absolute atomic E-state index is 0.0232. The van der Waals surface area contributed by atoms with E-state index in [2.05, 4.69) is 0 Å². The number of piperidine rings is 1. The Morgan fingerprint density at radius 1 is 1.03 bits per heavy atom. The Labute approximate surface area is 211 Å². The van der Waals surface area contributed by atoms with Crippen molar-refractivity contribution in [2.75, 3.05) is 13.2 Å². The van der Waals surface area contributed by atoms with Gasteiger partial charge in [-0.3, -0.25) is 4.79 Å². The summed E-state index contributed by atoms with van der Waals surface area (Å²) >= 11 is 0. The normalized spacial score (nSPS) is 18.4. The lowest BCUT2D eigenvalue weighted by Gasteiger charge is -2.32. The number of phenolic OH excluding ortho intramolecular Hbond substituents is 2. The predicted molar refractivity (Wildman–Crippen MR) is 139 cm³/mol. The molecule has 2 aliphatic rings. The molecule has 1 amide bonds. The van der Waals surface area contributed by atoms with Crippen LogP contribution in [0.15, 0.2) is 66.7 Å². The van der Waals surface area contributed by atoms with Crippen LogP contribution in [-0.2, 0) is 4.79 Å². The van der Waals surface area contributed by atoms with Crippen LogP contribution in [0, 0.1) is 0 Å². The molecule has 0 bridgehead atoms. The standard InChI is InChI=1S/C30H31NO5/c1-19(31-15-4-3-8-28(31)34)18-35-25-12-9-21(10-13-25)30-29(22-6-5-7-23(32)16-22)20(2)26-17-24(33)11-14-27(26)36-30/h5-7,9-14,16-17,19,30,32-33H,3-4,8,15,18H2,1-2H3/t19-,30?/m0/s1. The van der Waals surface area contributed by atoms with Gasteiger partial charge in [0.25, 0.3) is 0 Å². The Morgan fingerprint density at radius 2 is 1.81 bits per heavy atom. The van der Waals surface area contributed by atoms with Crippen LogP contribution in [0.1, 0.15) is 55.9 Å². The average molecular weight is 486 g/mol. The van der Waals surface area contributed by atoms with Gasteiger partial charge < -0.3 is 24.6 Å². The van der Waals surface area contributed by atoms with Crippen LogP contribution in [-0.4, -0.2) is 40.2 Å². The Morgan fingerprint density at radius 3 is 2.56 bits per heavy atom. The third kappa shape index (κ3) is 4.76. The lowest BCUT2D eigenvalue weighted by Crippen LogP contribution is -2.44. The summed E-state index contributed by atoms with van der Waals surface area (Å²) in [6.07, 6.45) is 2.24. The van der Waals surface area contributed by atoms with Crippen LogP contribution in [0.2, 0.25) is 0 Å². The number of hydrogen-bond acceptors (Lipinski definition) is 5. The number of fused-ring (bicyclic) bond motifs is 1. The smallest absolute Gasteiger partial charge is 0.222 e. The summed E-state index contributed by atoms with van der Waals surface area (Å²) in [6, 6.07) is 20.1. The highest BCUT2D eigenvalue weighted by Crippen LogP contribution is 2.47. The zero-order valence-electron chi connectivity index (χ0n) is 20.6. The first-order valence-electron chi connectivity index (χ1n) is 12.4. The van der Waals surface area contributed by atoms with E-state index in [4.69, 9.17) is 9.47 Å². The number of aromatic hydroxyl groups is 2. The lowest BCUT2D eigenvalue weighted by atomic mass is 9.86. The van der Waals surface area contributed by atoms with Crippen LogP contribution >= 0.6 is 0 Å². The molecule has 0 aromatic heterocycles. The molecule has 0 saturated carbocycles. The van der Waals surface area contributed by atoms with Crippen molar-refractivity contribution >= 4 is 17.1 Å². The zero-order chi connectivity index (χ0) is 25.2. The fourth-order valence-electron chi connectivity index (χ4n) is 5.06. The van der Waals surface area contributed by atoms with Crippen molar-refractivity contribution in [1.82, 2.24) is 4.90 Å². The van der Waals surface area contributed by atoms with Crippen molar-refractivity contribution in [3.05, 3.63) is 83.4 Å². The van der Waals surface area contributed by atoms with Crippen molar-refractivity contribution in [2.45, 2.75) is 45.3 Å². The number of amides is 1. The molecule has 6 heteroatoms. The van der Waals surface area contributed by atoms with Gasteiger partial charge in [0, 0.05) is 24.1 Å². The van der Waals surface area contributed by atoms with E-state index in [1.807, 2.05) is 55.1 Å². The van der Waals surface area contributed by atoms with Crippen molar-refractivity contribution < 1.29 is 24.5 Å². The fraction of sp³-hybridized carbons (Fsp3) is 0.300. The highest BCUT2D eigenvalue weighted by atomic mass is 16.5. The molecule has 2 atom stereocenters. The Balaban J connectivity index is 1.40. The number of carbonyl (C=O) groups excluding carboxylic acids is 1. The van der Waals surface area contributed by atoms with Gasteiger partial charge in [0.15, 0.2) is 0 Å². The van der Waals surface area contributed by atoms with E-state index in [0.29, 0.717) is 18.8 Å². The quantitative estimate of drug-likeness (QED) is 0.452. The van der Waals surface area contributed by atoms with E-state index >= 15 is 0 Å². The number of hydrogen-bond donors (Lipinski definition) is 2. The predicted octanol–water partition coefficient (Wildman–Crippen LogP) is 5.94. The molecular weight excluding hydrogens is 454 g/mol. The third-order valence-corrected chi connectivity index (χ3v) is 7.00. The summed E-state index contributed by atoms with van der Waals surface area (Å²) < 4.78 is 12.5. The van der Waals surface area contributed by atoms with Crippen molar-refractivity contribution in [1.29, 1.82) is 0 Å². The first-order chi connectivity index (χ1) is 17.4. The Hall–Kier alpha value is -3.93. The third-order valence-electron chi connectivity index (χ3n) is 7.00. The highest BCUT2D eigenvalue weighted by Gasteiger charge is 2.30. The molecule has 2 heterocycles. The van der Waals surface area contributed by atoms with Crippen molar-refractivity contribution in [3.63, 3.8) is 0 Å². The largest absolute Gasteiger partial charge is 0.508 e. The number of phenols is 2. The summed E-state index contributed by atoms with van der Waals surface area (Å²) in [6.45, 7) is 5.27. The van der Waals surface area contributed by atoms with Crippen LogP contribution in [0.3, 0.4) is 0 Å². The number of allylic oxidation sites excluding steroid dienone is 1. The number of likely N-dealkylation sites (tertiary alicyclic amines) is 1. The van der Waals surface area contributed by atoms with Gasteiger partial charge in [-0.1, -0.05) is 24.3 Å². The zero-order valence-corrected chi connectivity index (χ0v) is 20.6. The maximum Gasteiger partial charge on any atom is 0.222 e. The second kappa shape index (κ2) is 9.97. The molecular formula is C30H31NO5. The molecule has 3 aromatic rings. The van der Waals surface area contributed by atoms with Gasteiger partial charge in [0.2, 0.25) is 5.91 Å². The van der Waals surface area contributed by atoms with Gasteiger partial charge >= 0.3 is 0 Å². The molecule has 36 heavy (non-hydrogen) atoms. The summed E-state index contributed by atoms with van der Waals surface area (Å²) in [5.74, 6) is 1.98. The van der Waals surface area contributed by atoms with E-state index in [1.54, 1.807) is 30.3 Å². The van der Waals surface area contributed by atoms with Crippen molar-refractivity contribution in [2.24, 2.45) is 0 Å². The van der Waals surface area contributed by atoms with Gasteiger partial charge in [-0.15, -0.1) is 0 Å². The molecule has 6 nitrogen and oxygen atoms in total. The van der Waals surface area contributed by atoms with Crippen LogP contribution in [0.5, 0.6) is 23.0 Å². The molecule has 2 aliphatic heterocycles. The lowest BCUT2D eigenvalue weighted by molar-refractivity contribution is -0.136. The Bertz CT molecular complexity index is 1300. The Kier molecular flexibility index (Phi) is 6.59. The second-order valence-electron chi connectivity index (χ2n) is 9.54. The van der Waals surface area contributed by atoms with Crippen LogP contribution < -0.4 is 9.47 Å². The van der Waals surface area contributed by atoms with Gasteiger partial charge in [0.05, 0.1) is 6.04 Å². The molecule has 5 rings (SSSR count). The fourth-order valence-corrected chi connectivity index (χ4v) is 5.06. The van der Waals surface area contributed by atoms with E-state index in [0.717, 1.165) is 53.0 Å². The van der Waals surface area contributed by atoms with E-state index < -0.39 is 6.10 Å². The molecule has 0 spiro atoms. The number of rotatable bonds is 6. The summed E-state index contributed by atoms with van der Waals surface area (Å²) in [5.41, 5.74) is 4.52. The minimum atomic E-state index is -0.400. The topological polar surface area (TPSA) is 79.2 Å². The van der Waals surface area contributed by atoms with E-state index in [9.17, 15) is 15.0 Å². The van der Waals surface area contributed by atoms with Crippen LogP contribution in [0.25, 0.3) is 11.1 Å².